The molecule has 2 N–H and O–H groups in total. The van der Waals surface area contributed by atoms with E-state index >= 15 is 0 Å². The highest BCUT2D eigenvalue weighted by atomic mass is 16.2. The SMILES string of the molecule is C[NH+]1[N-]C(n2cc3c(n2)CC[NH+](CC(=O)N2CCN(C4CCC4)CC2)C3)=CC=C1C1CC1. The summed E-state index contributed by atoms with van der Waals surface area (Å²) in [6.07, 6.45) is 14.1. The molecule has 2 aliphatic carbocycles. The molecule has 1 aromatic heterocycles. The van der Waals surface area contributed by atoms with Crippen LogP contribution in [0.3, 0.4) is 0 Å². The van der Waals surface area contributed by atoms with E-state index in [0.717, 1.165) is 68.5 Å². The molecule has 2 saturated carbocycles. The quantitative estimate of drug-likeness (QED) is 0.647. The van der Waals surface area contributed by atoms with E-state index in [2.05, 4.69) is 35.2 Å². The molecular weight excluding hydrogens is 402 g/mol. The van der Waals surface area contributed by atoms with Crippen LogP contribution in [0.15, 0.2) is 24.0 Å². The zero-order valence-corrected chi connectivity index (χ0v) is 19.2. The van der Waals surface area contributed by atoms with E-state index in [1.165, 1.54) is 54.0 Å². The third-order valence-corrected chi connectivity index (χ3v) is 8.06. The van der Waals surface area contributed by atoms with Gasteiger partial charge in [-0.1, -0.05) is 12.5 Å². The van der Waals surface area contributed by atoms with Crippen molar-refractivity contribution >= 4 is 11.7 Å². The molecule has 8 heteroatoms. The van der Waals surface area contributed by atoms with Crippen LogP contribution >= 0.6 is 0 Å². The Kier molecular flexibility index (Phi) is 5.31. The summed E-state index contributed by atoms with van der Waals surface area (Å²) < 4.78 is 1.94. The number of fused-ring (bicyclic) bond motifs is 1. The number of nitrogens with one attached hydrogen (secondary N) is 2. The van der Waals surface area contributed by atoms with Crippen LogP contribution in [0.1, 0.15) is 43.4 Å². The van der Waals surface area contributed by atoms with Crippen LogP contribution in [0.2, 0.25) is 0 Å². The molecule has 5 aliphatic rings. The molecule has 6 rings (SSSR count). The van der Waals surface area contributed by atoms with Crippen molar-refractivity contribution in [3.63, 3.8) is 0 Å². The molecule has 2 atom stereocenters. The second-order valence-corrected chi connectivity index (χ2v) is 10.3. The van der Waals surface area contributed by atoms with Gasteiger partial charge in [0.1, 0.15) is 12.2 Å². The fourth-order valence-electron chi connectivity index (χ4n) is 5.65. The van der Waals surface area contributed by atoms with Crippen LogP contribution in [0.25, 0.3) is 11.2 Å². The molecular formula is C24H36N7O+. The minimum absolute atomic E-state index is 0.317. The molecule has 0 bridgehead atoms. The maximum absolute atomic E-state index is 13.0. The highest BCUT2D eigenvalue weighted by Gasteiger charge is 2.33. The number of carbonyl (C=O) groups is 1. The van der Waals surface area contributed by atoms with E-state index in [4.69, 9.17) is 10.5 Å². The topological polar surface area (TPSA) is 64.3 Å². The van der Waals surface area contributed by atoms with E-state index in [1.807, 2.05) is 4.68 Å². The predicted octanol–water partition coefficient (Wildman–Crippen LogP) is -0.570. The fourth-order valence-corrected chi connectivity index (χ4v) is 5.65. The Balaban J connectivity index is 1.05. The first-order chi connectivity index (χ1) is 15.6. The van der Waals surface area contributed by atoms with Crippen molar-refractivity contribution in [2.45, 2.75) is 51.1 Å². The Labute approximate surface area is 190 Å². The first kappa shape index (κ1) is 20.4. The van der Waals surface area contributed by atoms with Gasteiger partial charge in [-0.3, -0.25) is 25.2 Å². The van der Waals surface area contributed by atoms with Crippen LogP contribution in [0.4, 0.5) is 0 Å². The third kappa shape index (κ3) is 4.00. The molecule has 1 aromatic rings. The Morgan fingerprint density at radius 2 is 1.97 bits per heavy atom. The van der Waals surface area contributed by atoms with E-state index in [1.54, 1.807) is 0 Å². The normalized spacial score (nSPS) is 29.0. The lowest BCUT2D eigenvalue weighted by molar-refractivity contribution is -0.908. The van der Waals surface area contributed by atoms with Crippen molar-refractivity contribution in [2.75, 3.05) is 46.3 Å². The van der Waals surface area contributed by atoms with Crippen molar-refractivity contribution in [2.24, 2.45) is 5.92 Å². The van der Waals surface area contributed by atoms with Crippen LogP contribution < -0.4 is 9.91 Å². The van der Waals surface area contributed by atoms with Gasteiger partial charge >= 0.3 is 0 Å². The van der Waals surface area contributed by atoms with Crippen molar-refractivity contribution in [1.29, 1.82) is 0 Å². The van der Waals surface area contributed by atoms with Gasteiger partial charge < -0.3 is 14.5 Å². The van der Waals surface area contributed by atoms with Crippen LogP contribution in [-0.2, 0) is 17.8 Å². The summed E-state index contributed by atoms with van der Waals surface area (Å²) in [5.74, 6) is 1.94. The number of carbonyl (C=O) groups excluding carboxylic acids is 1. The number of rotatable bonds is 5. The van der Waals surface area contributed by atoms with E-state index in [0.29, 0.717) is 12.5 Å². The number of hydrogen-bond acceptors (Lipinski definition) is 3. The van der Waals surface area contributed by atoms with Crippen molar-refractivity contribution in [1.82, 2.24) is 19.6 Å². The van der Waals surface area contributed by atoms with Crippen LogP contribution in [0, 0.1) is 5.92 Å². The summed E-state index contributed by atoms with van der Waals surface area (Å²) in [4.78, 5) is 19.0. The molecule has 32 heavy (non-hydrogen) atoms. The van der Waals surface area contributed by atoms with Crippen molar-refractivity contribution < 1.29 is 14.7 Å². The molecule has 8 nitrogen and oxygen atoms in total. The lowest BCUT2D eigenvalue weighted by Crippen LogP contribution is -3.12. The summed E-state index contributed by atoms with van der Waals surface area (Å²) in [5, 5.41) is 5.97. The first-order valence-corrected chi connectivity index (χ1v) is 12.5. The Morgan fingerprint density at radius 3 is 2.66 bits per heavy atom. The third-order valence-electron chi connectivity index (χ3n) is 8.06. The molecule has 1 saturated heterocycles. The second kappa shape index (κ2) is 8.32. The molecule has 4 heterocycles. The molecule has 3 fully saturated rings. The number of allylic oxidation sites excluding steroid dienone is 3. The van der Waals surface area contributed by atoms with Gasteiger partial charge in [-0.05, 0) is 38.0 Å². The second-order valence-electron chi connectivity index (χ2n) is 10.3. The van der Waals surface area contributed by atoms with E-state index in [-0.39, 0.29) is 0 Å². The maximum atomic E-state index is 13.0. The summed E-state index contributed by atoms with van der Waals surface area (Å²) in [6.45, 7) is 6.35. The Morgan fingerprint density at radius 1 is 1.16 bits per heavy atom. The number of hydrogen-bond donors (Lipinski definition) is 2. The minimum atomic E-state index is 0.317. The van der Waals surface area contributed by atoms with Gasteiger partial charge in [-0.25, -0.2) is 0 Å². The maximum Gasteiger partial charge on any atom is 0.277 e. The average Bonchev–Trinajstić information content (AvgIpc) is 3.51. The zero-order chi connectivity index (χ0) is 21.7. The average molecular weight is 439 g/mol. The van der Waals surface area contributed by atoms with Gasteiger partial charge in [-0.2, -0.15) is 0 Å². The first-order valence-electron chi connectivity index (χ1n) is 12.5. The van der Waals surface area contributed by atoms with Crippen LogP contribution in [-0.4, -0.2) is 77.8 Å². The van der Waals surface area contributed by atoms with Gasteiger partial charge in [0, 0.05) is 55.9 Å². The van der Waals surface area contributed by atoms with E-state index in [9.17, 15) is 4.79 Å². The number of amides is 1. The zero-order valence-electron chi connectivity index (χ0n) is 19.2. The number of piperazine rings is 1. The van der Waals surface area contributed by atoms with Gasteiger partial charge in [0.25, 0.3) is 5.91 Å². The van der Waals surface area contributed by atoms with Gasteiger partial charge in [0.05, 0.1) is 19.3 Å². The molecule has 2 unspecified atom stereocenters. The van der Waals surface area contributed by atoms with Crippen molar-refractivity contribution in [3.8, 4) is 0 Å². The van der Waals surface area contributed by atoms with Crippen molar-refractivity contribution in [3.05, 3.63) is 40.7 Å². The highest BCUT2D eigenvalue weighted by Crippen LogP contribution is 2.35. The Hall–Kier alpha value is -2.16. The lowest BCUT2D eigenvalue weighted by atomic mass is 9.91. The summed E-state index contributed by atoms with van der Waals surface area (Å²) in [7, 11) is 2.12. The van der Waals surface area contributed by atoms with Gasteiger partial charge in [-0.15, -0.1) is 0 Å². The van der Waals surface area contributed by atoms with Gasteiger partial charge in [0.15, 0.2) is 6.54 Å². The molecule has 1 amide bonds. The van der Waals surface area contributed by atoms with Gasteiger partial charge in [0.2, 0.25) is 0 Å². The summed E-state index contributed by atoms with van der Waals surface area (Å²) in [6, 6.07) is 0.790. The number of aromatic nitrogens is 2. The predicted molar refractivity (Wildman–Crippen MR) is 121 cm³/mol. The Bertz CT molecular complexity index is 934. The molecule has 0 spiro atoms. The lowest BCUT2D eigenvalue weighted by Gasteiger charge is -2.43. The summed E-state index contributed by atoms with van der Waals surface area (Å²) in [5.41, 5.74) is 8.66. The molecule has 0 aromatic carbocycles. The highest BCUT2D eigenvalue weighted by molar-refractivity contribution is 5.77. The smallest absolute Gasteiger partial charge is 0.277 e. The van der Waals surface area contributed by atoms with E-state index < -0.39 is 0 Å². The molecule has 172 valence electrons. The van der Waals surface area contributed by atoms with Crippen LogP contribution in [0.5, 0.6) is 0 Å². The number of quaternary nitrogens is 2. The fraction of sp³-hybridized carbons (Fsp3) is 0.667. The monoisotopic (exact) mass is 438 g/mol. The largest absolute Gasteiger partial charge is 0.352 e. The number of nitrogens with zero attached hydrogens (tertiary/aromatic N) is 5. The standard InChI is InChI=1S/C24H35N7O/c1-27-22(18-5-6-18)7-8-23(26-27)31-16-19-15-28(10-9-21(19)25-31)17-24(32)30-13-11-29(12-14-30)20-3-2-4-20/h7-8,16,18,20,27H,2-6,9-15,17H2,1H3/p+1. The summed E-state index contributed by atoms with van der Waals surface area (Å²) >= 11 is 0. The molecule has 3 aliphatic heterocycles. The molecule has 0 radical (unpaired) electrons. The minimum Gasteiger partial charge on any atom is -0.352 e.